The third kappa shape index (κ3) is 2.13. The SMILES string of the molecule is C=C1C(C)(C)[C@H]2CC[C@@]1(C(=O)Nc1nc3ccc(Br)cc3s1)C2. The van der Waals surface area contributed by atoms with Gasteiger partial charge in [-0.2, -0.15) is 0 Å². The number of benzene rings is 1. The maximum atomic E-state index is 13.0. The molecule has 0 spiro atoms. The minimum Gasteiger partial charge on any atom is -0.301 e. The number of aromatic nitrogens is 1. The van der Waals surface area contributed by atoms with E-state index in [0.29, 0.717) is 11.0 Å². The Morgan fingerprint density at radius 1 is 1.48 bits per heavy atom. The van der Waals surface area contributed by atoms with Crippen molar-refractivity contribution in [3.8, 4) is 0 Å². The first kappa shape index (κ1) is 15.3. The van der Waals surface area contributed by atoms with Gasteiger partial charge in [-0.15, -0.1) is 0 Å². The van der Waals surface area contributed by atoms with Gasteiger partial charge in [0.05, 0.1) is 15.6 Å². The Labute approximate surface area is 148 Å². The Morgan fingerprint density at radius 3 is 2.96 bits per heavy atom. The Hall–Kier alpha value is -1.20. The van der Waals surface area contributed by atoms with Crippen molar-refractivity contribution in [1.82, 2.24) is 4.98 Å². The quantitative estimate of drug-likeness (QED) is 0.699. The first-order valence-electron chi connectivity index (χ1n) is 7.90. The first-order chi connectivity index (χ1) is 10.8. The third-order valence-electron chi connectivity index (χ3n) is 5.90. The van der Waals surface area contributed by atoms with E-state index >= 15 is 0 Å². The summed E-state index contributed by atoms with van der Waals surface area (Å²) in [5, 5.41) is 3.75. The predicted molar refractivity (Wildman–Crippen MR) is 98.6 cm³/mol. The van der Waals surface area contributed by atoms with Crippen LogP contribution in [-0.4, -0.2) is 10.9 Å². The molecule has 2 aromatic rings. The summed E-state index contributed by atoms with van der Waals surface area (Å²) in [6.07, 6.45) is 2.97. The van der Waals surface area contributed by atoms with Gasteiger partial charge in [-0.1, -0.05) is 53.3 Å². The topological polar surface area (TPSA) is 42.0 Å². The molecule has 1 amide bonds. The maximum absolute atomic E-state index is 13.0. The van der Waals surface area contributed by atoms with E-state index in [4.69, 9.17) is 0 Å². The summed E-state index contributed by atoms with van der Waals surface area (Å²) in [5.74, 6) is 0.653. The molecule has 3 nitrogen and oxygen atoms in total. The van der Waals surface area contributed by atoms with Crippen LogP contribution in [0.4, 0.5) is 5.13 Å². The molecule has 4 rings (SSSR count). The molecule has 0 aliphatic heterocycles. The summed E-state index contributed by atoms with van der Waals surface area (Å²) in [6, 6.07) is 5.96. The van der Waals surface area contributed by atoms with Gasteiger partial charge >= 0.3 is 0 Å². The molecule has 2 fully saturated rings. The zero-order valence-corrected chi connectivity index (χ0v) is 15.7. The Morgan fingerprint density at radius 2 is 2.26 bits per heavy atom. The maximum Gasteiger partial charge on any atom is 0.236 e. The number of rotatable bonds is 2. The number of carbonyl (C=O) groups is 1. The lowest BCUT2D eigenvalue weighted by atomic mass is 9.68. The highest BCUT2D eigenvalue weighted by Crippen LogP contribution is 2.65. The minimum atomic E-state index is -0.396. The van der Waals surface area contributed by atoms with Crippen LogP contribution in [-0.2, 0) is 4.79 Å². The molecule has 2 saturated carbocycles. The Bertz CT molecular complexity index is 841. The number of anilines is 1. The zero-order chi connectivity index (χ0) is 16.4. The molecule has 1 heterocycles. The van der Waals surface area contributed by atoms with Crippen LogP contribution >= 0.6 is 27.3 Å². The van der Waals surface area contributed by atoms with Gasteiger partial charge < -0.3 is 5.32 Å². The number of hydrogen-bond acceptors (Lipinski definition) is 3. The summed E-state index contributed by atoms with van der Waals surface area (Å²) in [4.78, 5) is 17.6. The summed E-state index contributed by atoms with van der Waals surface area (Å²) in [7, 11) is 0. The standard InChI is InChI=1S/C18H19BrN2OS/c1-10-17(2,3)11-6-7-18(10,9-11)15(22)21-16-20-13-5-4-12(19)8-14(13)23-16/h4-5,8,11H,1,6-7,9H2,2-3H3,(H,20,21,22)/t11-,18+/m0/s1. The molecule has 0 radical (unpaired) electrons. The van der Waals surface area contributed by atoms with Gasteiger partial charge in [-0.3, -0.25) is 4.79 Å². The Balaban J connectivity index is 1.63. The van der Waals surface area contributed by atoms with Crippen molar-refractivity contribution in [2.75, 3.05) is 5.32 Å². The summed E-state index contributed by atoms with van der Waals surface area (Å²) in [6.45, 7) is 8.75. The van der Waals surface area contributed by atoms with Crippen LogP contribution in [0.5, 0.6) is 0 Å². The molecular weight excluding hydrogens is 372 g/mol. The zero-order valence-electron chi connectivity index (χ0n) is 13.3. The number of thiazole rings is 1. The molecular formula is C18H19BrN2OS. The van der Waals surface area contributed by atoms with Crippen molar-refractivity contribution in [2.24, 2.45) is 16.7 Å². The van der Waals surface area contributed by atoms with E-state index in [0.717, 1.165) is 39.5 Å². The van der Waals surface area contributed by atoms with Crippen molar-refractivity contribution in [2.45, 2.75) is 33.1 Å². The molecule has 120 valence electrons. The fraction of sp³-hybridized carbons (Fsp3) is 0.444. The monoisotopic (exact) mass is 390 g/mol. The molecule has 1 aromatic carbocycles. The highest BCUT2D eigenvalue weighted by molar-refractivity contribution is 9.10. The van der Waals surface area contributed by atoms with Crippen LogP contribution < -0.4 is 5.32 Å². The van der Waals surface area contributed by atoms with Crippen LogP contribution in [0.15, 0.2) is 34.8 Å². The summed E-state index contributed by atoms with van der Waals surface area (Å²) >= 11 is 4.99. The summed E-state index contributed by atoms with van der Waals surface area (Å²) in [5.41, 5.74) is 1.68. The van der Waals surface area contributed by atoms with Crippen LogP contribution in [0, 0.1) is 16.7 Å². The number of halogens is 1. The fourth-order valence-electron chi connectivity index (χ4n) is 4.31. The van der Waals surface area contributed by atoms with Gasteiger partial charge in [0.25, 0.3) is 0 Å². The predicted octanol–water partition coefficient (Wildman–Crippen LogP) is 5.38. The van der Waals surface area contributed by atoms with E-state index in [2.05, 4.69) is 46.7 Å². The highest BCUT2D eigenvalue weighted by atomic mass is 79.9. The second-order valence-electron chi connectivity index (χ2n) is 7.31. The van der Waals surface area contributed by atoms with Crippen molar-refractivity contribution in [1.29, 1.82) is 0 Å². The second kappa shape index (κ2) is 4.90. The van der Waals surface area contributed by atoms with Crippen LogP contribution in [0.3, 0.4) is 0 Å². The van der Waals surface area contributed by atoms with E-state index in [9.17, 15) is 4.79 Å². The van der Waals surface area contributed by atoms with Crippen molar-refractivity contribution >= 4 is 48.5 Å². The smallest absolute Gasteiger partial charge is 0.236 e. The van der Waals surface area contributed by atoms with Crippen molar-refractivity contribution in [3.63, 3.8) is 0 Å². The molecule has 2 bridgehead atoms. The number of fused-ring (bicyclic) bond motifs is 3. The van der Waals surface area contributed by atoms with E-state index in [1.807, 2.05) is 18.2 Å². The highest BCUT2D eigenvalue weighted by Gasteiger charge is 2.60. The van der Waals surface area contributed by atoms with E-state index < -0.39 is 5.41 Å². The number of hydrogen-bond donors (Lipinski definition) is 1. The van der Waals surface area contributed by atoms with E-state index in [-0.39, 0.29) is 11.3 Å². The molecule has 1 aromatic heterocycles. The average molecular weight is 391 g/mol. The first-order valence-corrected chi connectivity index (χ1v) is 9.51. The van der Waals surface area contributed by atoms with Gasteiger partial charge in [0, 0.05) is 4.47 Å². The number of amides is 1. The van der Waals surface area contributed by atoms with Crippen molar-refractivity contribution in [3.05, 3.63) is 34.8 Å². The minimum absolute atomic E-state index is 0.0635. The molecule has 2 aliphatic carbocycles. The second-order valence-corrected chi connectivity index (χ2v) is 9.25. The average Bonchev–Trinajstić information content (AvgIpc) is 3.13. The molecule has 0 unspecified atom stereocenters. The van der Waals surface area contributed by atoms with Gasteiger partial charge in [0.2, 0.25) is 5.91 Å². The number of carbonyl (C=O) groups excluding carboxylic acids is 1. The van der Waals surface area contributed by atoms with Gasteiger partial charge in [0.1, 0.15) is 0 Å². The Kier molecular flexibility index (Phi) is 3.27. The number of nitrogens with zero attached hydrogens (tertiary/aromatic N) is 1. The normalized spacial score (nSPS) is 28.5. The lowest BCUT2D eigenvalue weighted by Gasteiger charge is -2.36. The van der Waals surface area contributed by atoms with Crippen molar-refractivity contribution < 1.29 is 4.79 Å². The van der Waals surface area contributed by atoms with E-state index in [1.54, 1.807) is 0 Å². The van der Waals surface area contributed by atoms with Crippen LogP contribution in [0.1, 0.15) is 33.1 Å². The van der Waals surface area contributed by atoms with E-state index in [1.165, 1.54) is 11.3 Å². The summed E-state index contributed by atoms with van der Waals surface area (Å²) < 4.78 is 2.09. The van der Waals surface area contributed by atoms with Gasteiger partial charge in [-0.25, -0.2) is 4.98 Å². The molecule has 5 heteroatoms. The molecule has 1 N–H and O–H groups in total. The fourth-order valence-corrected chi connectivity index (χ4v) is 5.72. The lowest BCUT2D eigenvalue weighted by Crippen LogP contribution is -2.37. The largest absolute Gasteiger partial charge is 0.301 e. The molecule has 0 saturated heterocycles. The van der Waals surface area contributed by atoms with Crippen LogP contribution in [0.25, 0.3) is 10.2 Å². The number of nitrogens with one attached hydrogen (secondary N) is 1. The third-order valence-corrected chi connectivity index (χ3v) is 7.32. The molecule has 23 heavy (non-hydrogen) atoms. The lowest BCUT2D eigenvalue weighted by molar-refractivity contribution is -0.123. The van der Waals surface area contributed by atoms with Gasteiger partial charge in [0.15, 0.2) is 5.13 Å². The molecule has 2 aliphatic rings. The van der Waals surface area contributed by atoms with Gasteiger partial charge in [-0.05, 0) is 48.8 Å². The van der Waals surface area contributed by atoms with Crippen LogP contribution in [0.2, 0.25) is 0 Å². The molecule has 2 atom stereocenters.